The molecule has 3 rings (SSSR count). The summed E-state index contributed by atoms with van der Waals surface area (Å²) >= 11 is 0. The summed E-state index contributed by atoms with van der Waals surface area (Å²) in [6.45, 7) is 0.345. The number of ether oxygens (including phenoxy) is 1. The summed E-state index contributed by atoms with van der Waals surface area (Å²) in [7, 11) is 0. The predicted molar refractivity (Wildman–Crippen MR) is 107 cm³/mol. The van der Waals surface area contributed by atoms with E-state index < -0.39 is 12.2 Å². The number of primary amides is 1. The molecule has 28 heavy (non-hydrogen) atoms. The molecule has 0 radical (unpaired) electrons. The van der Waals surface area contributed by atoms with Gasteiger partial charge in [-0.25, -0.2) is 4.79 Å². The Hall–Kier alpha value is -3.67. The maximum Gasteiger partial charge on any atom is 0.405 e. The van der Waals surface area contributed by atoms with Gasteiger partial charge < -0.3 is 15.4 Å². The number of carbonyl (C=O) groups excluding carboxylic acids is 2. The highest BCUT2D eigenvalue weighted by Gasteiger charge is 2.22. The first-order valence-corrected chi connectivity index (χ1v) is 8.93. The Kier molecular flexibility index (Phi) is 6.36. The molecule has 0 fully saturated rings. The van der Waals surface area contributed by atoms with Gasteiger partial charge in [0, 0.05) is 36.6 Å². The van der Waals surface area contributed by atoms with Crippen LogP contribution in [0.15, 0.2) is 85.2 Å². The Labute approximate surface area is 163 Å². The lowest BCUT2D eigenvalue weighted by Crippen LogP contribution is -2.33. The number of para-hydroxylation sites is 1. The van der Waals surface area contributed by atoms with E-state index in [1.165, 1.54) is 0 Å². The molecule has 0 bridgehead atoms. The van der Waals surface area contributed by atoms with E-state index in [4.69, 9.17) is 10.5 Å². The fourth-order valence-electron chi connectivity index (χ4n) is 2.95. The maximum atomic E-state index is 13.1. The van der Waals surface area contributed by atoms with E-state index in [1.807, 2.05) is 48.5 Å². The molecule has 3 aromatic rings. The SMILES string of the molecule is NC(=O)OC(CCN(C(=O)c1ccccc1)c1ccccc1)c1ccncc1. The van der Waals surface area contributed by atoms with E-state index in [2.05, 4.69) is 4.98 Å². The second-order valence-corrected chi connectivity index (χ2v) is 6.15. The van der Waals surface area contributed by atoms with Crippen molar-refractivity contribution >= 4 is 17.7 Å². The molecule has 0 spiro atoms. The molecule has 2 amide bonds. The first-order valence-electron chi connectivity index (χ1n) is 8.93. The minimum atomic E-state index is -0.859. The Morgan fingerprint density at radius 1 is 0.929 bits per heavy atom. The summed E-state index contributed by atoms with van der Waals surface area (Å²) in [5.41, 5.74) is 7.37. The quantitative estimate of drug-likeness (QED) is 0.677. The topological polar surface area (TPSA) is 85.5 Å². The maximum absolute atomic E-state index is 13.1. The molecule has 1 atom stereocenters. The van der Waals surface area contributed by atoms with Gasteiger partial charge in [0.2, 0.25) is 0 Å². The van der Waals surface area contributed by atoms with Crippen molar-refractivity contribution in [2.45, 2.75) is 12.5 Å². The number of nitrogens with zero attached hydrogens (tertiary/aromatic N) is 2. The smallest absolute Gasteiger partial charge is 0.405 e. The van der Waals surface area contributed by atoms with Gasteiger partial charge in [0.1, 0.15) is 6.10 Å². The molecule has 0 aliphatic heterocycles. The summed E-state index contributed by atoms with van der Waals surface area (Å²) in [5, 5.41) is 0. The largest absolute Gasteiger partial charge is 0.441 e. The molecule has 2 aromatic carbocycles. The number of amides is 2. The molecule has 0 saturated heterocycles. The van der Waals surface area contributed by atoms with E-state index in [1.54, 1.807) is 41.6 Å². The number of rotatable bonds is 7. The first kappa shape index (κ1) is 19.1. The highest BCUT2D eigenvalue weighted by atomic mass is 16.6. The number of aromatic nitrogens is 1. The van der Waals surface area contributed by atoms with Crippen molar-refractivity contribution in [3.63, 3.8) is 0 Å². The van der Waals surface area contributed by atoms with Crippen LogP contribution in [-0.2, 0) is 4.74 Å². The van der Waals surface area contributed by atoms with Gasteiger partial charge in [-0.1, -0.05) is 36.4 Å². The van der Waals surface area contributed by atoms with Crippen molar-refractivity contribution in [2.24, 2.45) is 5.73 Å². The van der Waals surface area contributed by atoms with Crippen molar-refractivity contribution in [3.8, 4) is 0 Å². The third-order valence-corrected chi connectivity index (χ3v) is 4.28. The minimum absolute atomic E-state index is 0.126. The number of benzene rings is 2. The number of carbonyl (C=O) groups is 2. The third kappa shape index (κ3) is 4.94. The van der Waals surface area contributed by atoms with Crippen LogP contribution in [0.25, 0.3) is 0 Å². The van der Waals surface area contributed by atoms with Crippen molar-refractivity contribution in [1.29, 1.82) is 0 Å². The molecule has 0 aliphatic rings. The van der Waals surface area contributed by atoms with Crippen molar-refractivity contribution in [1.82, 2.24) is 4.98 Å². The summed E-state index contributed by atoms with van der Waals surface area (Å²) in [6.07, 6.45) is 2.20. The lowest BCUT2D eigenvalue weighted by Gasteiger charge is -2.25. The highest BCUT2D eigenvalue weighted by Crippen LogP contribution is 2.24. The third-order valence-electron chi connectivity index (χ3n) is 4.28. The Bertz CT molecular complexity index is 902. The molecule has 1 heterocycles. The van der Waals surface area contributed by atoms with Crippen LogP contribution in [0.2, 0.25) is 0 Å². The predicted octanol–water partition coefficient (Wildman–Crippen LogP) is 3.96. The zero-order valence-corrected chi connectivity index (χ0v) is 15.3. The van der Waals surface area contributed by atoms with Crippen molar-refractivity contribution in [3.05, 3.63) is 96.3 Å². The Balaban J connectivity index is 1.84. The number of hydrogen-bond donors (Lipinski definition) is 1. The van der Waals surface area contributed by atoms with Crippen LogP contribution >= 0.6 is 0 Å². The Morgan fingerprint density at radius 2 is 1.54 bits per heavy atom. The van der Waals surface area contributed by atoms with E-state index in [0.717, 1.165) is 11.3 Å². The van der Waals surface area contributed by atoms with Crippen molar-refractivity contribution in [2.75, 3.05) is 11.4 Å². The normalized spacial score (nSPS) is 11.4. The standard InChI is InChI=1S/C22H21N3O3/c23-22(27)28-20(17-11-14-24-15-12-17)13-16-25(19-9-5-2-6-10-19)21(26)18-7-3-1-4-8-18/h1-12,14-15,20H,13,16H2,(H2,23,27). The molecule has 0 saturated carbocycles. The number of hydrogen-bond acceptors (Lipinski definition) is 4. The second-order valence-electron chi connectivity index (χ2n) is 6.15. The van der Waals surface area contributed by atoms with Gasteiger partial charge in [0.15, 0.2) is 0 Å². The zero-order chi connectivity index (χ0) is 19.8. The van der Waals surface area contributed by atoms with Gasteiger partial charge >= 0.3 is 6.09 Å². The number of anilines is 1. The van der Waals surface area contributed by atoms with Gasteiger partial charge in [-0.05, 0) is 42.0 Å². The van der Waals surface area contributed by atoms with E-state index in [9.17, 15) is 9.59 Å². The molecular formula is C22H21N3O3. The molecule has 1 unspecified atom stereocenters. The fraction of sp³-hybridized carbons (Fsp3) is 0.136. The van der Waals surface area contributed by atoms with E-state index >= 15 is 0 Å². The van der Waals surface area contributed by atoms with Gasteiger partial charge in [-0.15, -0.1) is 0 Å². The highest BCUT2D eigenvalue weighted by molar-refractivity contribution is 6.06. The number of pyridine rings is 1. The monoisotopic (exact) mass is 375 g/mol. The van der Waals surface area contributed by atoms with Gasteiger partial charge in [-0.2, -0.15) is 0 Å². The molecule has 2 N–H and O–H groups in total. The van der Waals surface area contributed by atoms with Crippen LogP contribution in [0.3, 0.4) is 0 Å². The van der Waals surface area contributed by atoms with Crippen LogP contribution in [0, 0.1) is 0 Å². The van der Waals surface area contributed by atoms with E-state index in [-0.39, 0.29) is 5.91 Å². The average molecular weight is 375 g/mol. The lowest BCUT2D eigenvalue weighted by molar-refractivity contribution is 0.0950. The fourth-order valence-corrected chi connectivity index (χ4v) is 2.95. The van der Waals surface area contributed by atoms with Crippen LogP contribution in [-0.4, -0.2) is 23.5 Å². The van der Waals surface area contributed by atoms with Crippen LogP contribution < -0.4 is 10.6 Å². The Morgan fingerprint density at radius 3 is 2.14 bits per heavy atom. The molecule has 142 valence electrons. The molecule has 0 aliphatic carbocycles. The van der Waals surface area contributed by atoms with E-state index in [0.29, 0.717) is 18.5 Å². The average Bonchev–Trinajstić information content (AvgIpc) is 2.74. The number of nitrogens with two attached hydrogens (primary N) is 1. The van der Waals surface area contributed by atoms with Gasteiger partial charge in [0.05, 0.1) is 0 Å². The first-order chi connectivity index (χ1) is 13.6. The van der Waals surface area contributed by atoms with Crippen LogP contribution in [0.4, 0.5) is 10.5 Å². The van der Waals surface area contributed by atoms with Crippen molar-refractivity contribution < 1.29 is 14.3 Å². The lowest BCUT2D eigenvalue weighted by atomic mass is 10.1. The summed E-state index contributed by atoms with van der Waals surface area (Å²) in [5.74, 6) is -0.126. The molecule has 1 aromatic heterocycles. The summed E-state index contributed by atoms with van der Waals surface area (Å²) < 4.78 is 5.28. The summed E-state index contributed by atoms with van der Waals surface area (Å²) in [6, 6.07) is 22.0. The van der Waals surface area contributed by atoms with Crippen LogP contribution in [0.5, 0.6) is 0 Å². The minimum Gasteiger partial charge on any atom is -0.441 e. The second kappa shape index (κ2) is 9.32. The molecule has 6 heteroatoms. The van der Waals surface area contributed by atoms with Gasteiger partial charge in [-0.3, -0.25) is 9.78 Å². The van der Waals surface area contributed by atoms with Crippen LogP contribution in [0.1, 0.15) is 28.4 Å². The molecule has 6 nitrogen and oxygen atoms in total. The molecular weight excluding hydrogens is 354 g/mol. The zero-order valence-electron chi connectivity index (χ0n) is 15.3. The van der Waals surface area contributed by atoms with Gasteiger partial charge in [0.25, 0.3) is 5.91 Å². The summed E-state index contributed by atoms with van der Waals surface area (Å²) in [4.78, 5) is 30.1.